The largest absolute Gasteiger partial charge is 0.377 e. The fourth-order valence-corrected chi connectivity index (χ4v) is 2.37. The van der Waals surface area contributed by atoms with Crippen molar-refractivity contribution in [3.05, 3.63) is 34.9 Å². The van der Waals surface area contributed by atoms with Crippen LogP contribution in [0.1, 0.15) is 37.8 Å². The van der Waals surface area contributed by atoms with Gasteiger partial charge in [0, 0.05) is 24.2 Å². The van der Waals surface area contributed by atoms with Crippen LogP contribution >= 0.6 is 11.6 Å². The normalized spacial score (nSPS) is 22.4. The summed E-state index contributed by atoms with van der Waals surface area (Å²) in [6.45, 7) is 4.00. The lowest BCUT2D eigenvalue weighted by molar-refractivity contribution is 0.0156. The van der Waals surface area contributed by atoms with Crippen molar-refractivity contribution in [2.45, 2.75) is 38.3 Å². The third-order valence-electron chi connectivity index (χ3n) is 3.27. The first kappa shape index (κ1) is 12.9. The van der Waals surface area contributed by atoms with E-state index in [1.807, 2.05) is 18.2 Å². The van der Waals surface area contributed by atoms with Gasteiger partial charge in [0.1, 0.15) is 0 Å². The van der Waals surface area contributed by atoms with Crippen LogP contribution in [-0.2, 0) is 4.74 Å². The van der Waals surface area contributed by atoms with E-state index < -0.39 is 0 Å². The summed E-state index contributed by atoms with van der Waals surface area (Å²) in [5, 5.41) is 4.31. The smallest absolute Gasteiger partial charge is 0.0699 e. The van der Waals surface area contributed by atoms with Gasteiger partial charge in [-0.15, -0.1) is 0 Å². The lowest BCUT2D eigenvalue weighted by Gasteiger charge is -2.25. The molecule has 2 nitrogen and oxygen atoms in total. The fourth-order valence-electron chi connectivity index (χ4n) is 2.17. The zero-order valence-corrected chi connectivity index (χ0v) is 11.0. The number of hydrogen-bond donors (Lipinski definition) is 1. The number of ether oxygens (including phenoxy) is 1. The van der Waals surface area contributed by atoms with Crippen LogP contribution in [0.25, 0.3) is 0 Å². The van der Waals surface area contributed by atoms with Crippen LogP contribution in [0.2, 0.25) is 5.02 Å². The Kier molecular flexibility index (Phi) is 4.84. The second-order valence-electron chi connectivity index (χ2n) is 4.67. The summed E-state index contributed by atoms with van der Waals surface area (Å²) in [7, 11) is 0. The van der Waals surface area contributed by atoms with Crippen LogP contribution in [-0.4, -0.2) is 19.3 Å². The monoisotopic (exact) mass is 253 g/mol. The molecule has 17 heavy (non-hydrogen) atoms. The quantitative estimate of drug-likeness (QED) is 0.886. The summed E-state index contributed by atoms with van der Waals surface area (Å²) in [5.41, 5.74) is 1.23. The number of nitrogens with one attached hydrogen (secondary N) is 1. The topological polar surface area (TPSA) is 21.3 Å². The van der Waals surface area contributed by atoms with E-state index in [0.29, 0.717) is 12.1 Å². The molecule has 2 rings (SSSR count). The van der Waals surface area contributed by atoms with Crippen molar-refractivity contribution in [1.82, 2.24) is 5.32 Å². The highest BCUT2D eigenvalue weighted by molar-refractivity contribution is 6.30. The molecule has 3 heteroatoms. The molecule has 0 spiro atoms. The minimum Gasteiger partial charge on any atom is -0.377 e. The number of halogens is 1. The highest BCUT2D eigenvalue weighted by atomic mass is 35.5. The van der Waals surface area contributed by atoms with Crippen molar-refractivity contribution in [3.63, 3.8) is 0 Å². The molecule has 0 aromatic heterocycles. The summed E-state index contributed by atoms with van der Waals surface area (Å²) in [6, 6.07) is 8.33. The van der Waals surface area contributed by atoms with Gasteiger partial charge >= 0.3 is 0 Å². The number of hydrogen-bond acceptors (Lipinski definition) is 2. The summed E-state index contributed by atoms with van der Waals surface area (Å²) in [4.78, 5) is 0. The minimum atomic E-state index is 0.319. The molecule has 1 aliphatic heterocycles. The third-order valence-corrected chi connectivity index (χ3v) is 3.51. The number of benzene rings is 1. The average Bonchev–Trinajstić information content (AvgIpc) is 2.37. The standard InChI is InChI=1S/C14H20ClNO/c1-11(12-5-4-6-13(15)9-12)16-10-14-7-2-3-8-17-14/h4-6,9,11,14,16H,2-3,7-8,10H2,1H3. The first-order chi connectivity index (χ1) is 8.25. The highest BCUT2D eigenvalue weighted by Crippen LogP contribution is 2.18. The maximum atomic E-state index is 5.99. The Morgan fingerprint density at radius 1 is 1.47 bits per heavy atom. The summed E-state index contributed by atoms with van der Waals surface area (Å²) >= 11 is 5.99. The molecule has 0 bridgehead atoms. The van der Waals surface area contributed by atoms with Gasteiger partial charge in [0.05, 0.1) is 6.10 Å². The molecular weight excluding hydrogens is 234 g/mol. The van der Waals surface area contributed by atoms with Gasteiger partial charge in [0.15, 0.2) is 0 Å². The van der Waals surface area contributed by atoms with Crippen molar-refractivity contribution in [2.24, 2.45) is 0 Å². The molecule has 0 saturated carbocycles. The van der Waals surface area contributed by atoms with Crippen LogP contribution in [0.4, 0.5) is 0 Å². The third kappa shape index (κ3) is 3.98. The minimum absolute atomic E-state index is 0.319. The fraction of sp³-hybridized carbons (Fsp3) is 0.571. The molecule has 2 atom stereocenters. The Morgan fingerprint density at radius 3 is 3.06 bits per heavy atom. The van der Waals surface area contributed by atoms with Gasteiger partial charge in [0.25, 0.3) is 0 Å². The zero-order chi connectivity index (χ0) is 12.1. The summed E-state index contributed by atoms with van der Waals surface area (Å²) < 4.78 is 5.70. The summed E-state index contributed by atoms with van der Waals surface area (Å²) in [6.07, 6.45) is 4.05. The first-order valence-corrected chi connectivity index (χ1v) is 6.74. The molecule has 1 saturated heterocycles. The van der Waals surface area contributed by atoms with E-state index in [2.05, 4.69) is 18.3 Å². The SMILES string of the molecule is CC(NCC1CCCCO1)c1cccc(Cl)c1. The van der Waals surface area contributed by atoms with E-state index in [4.69, 9.17) is 16.3 Å². The van der Waals surface area contributed by atoms with Gasteiger partial charge < -0.3 is 10.1 Å². The molecule has 0 radical (unpaired) electrons. The van der Waals surface area contributed by atoms with Gasteiger partial charge in [-0.3, -0.25) is 0 Å². The van der Waals surface area contributed by atoms with Gasteiger partial charge in [-0.25, -0.2) is 0 Å². The molecule has 1 N–H and O–H groups in total. The first-order valence-electron chi connectivity index (χ1n) is 6.36. The van der Waals surface area contributed by atoms with Crippen molar-refractivity contribution in [2.75, 3.05) is 13.2 Å². The van der Waals surface area contributed by atoms with E-state index >= 15 is 0 Å². The Labute approximate surface area is 108 Å². The van der Waals surface area contributed by atoms with Crippen LogP contribution in [0.3, 0.4) is 0 Å². The van der Waals surface area contributed by atoms with Crippen LogP contribution in [0, 0.1) is 0 Å². The lowest BCUT2D eigenvalue weighted by Crippen LogP contribution is -2.33. The molecule has 0 aliphatic carbocycles. The molecule has 1 aromatic carbocycles. The van der Waals surface area contributed by atoms with E-state index in [-0.39, 0.29) is 0 Å². The van der Waals surface area contributed by atoms with Gasteiger partial charge in [-0.05, 0) is 43.9 Å². The predicted molar refractivity (Wildman–Crippen MR) is 71.5 cm³/mol. The molecule has 1 fully saturated rings. The highest BCUT2D eigenvalue weighted by Gasteiger charge is 2.14. The van der Waals surface area contributed by atoms with Gasteiger partial charge in [-0.2, -0.15) is 0 Å². The lowest BCUT2D eigenvalue weighted by atomic mass is 10.1. The molecule has 2 unspecified atom stereocenters. The van der Waals surface area contributed by atoms with E-state index in [0.717, 1.165) is 18.2 Å². The Morgan fingerprint density at radius 2 is 2.35 bits per heavy atom. The maximum absolute atomic E-state index is 5.99. The second kappa shape index (κ2) is 6.39. The van der Waals surface area contributed by atoms with E-state index in [9.17, 15) is 0 Å². The zero-order valence-electron chi connectivity index (χ0n) is 10.3. The molecular formula is C14H20ClNO. The van der Waals surface area contributed by atoms with Crippen LogP contribution < -0.4 is 5.32 Å². The van der Waals surface area contributed by atoms with Crippen molar-refractivity contribution in [3.8, 4) is 0 Å². The van der Waals surface area contributed by atoms with Crippen molar-refractivity contribution in [1.29, 1.82) is 0 Å². The number of rotatable bonds is 4. The van der Waals surface area contributed by atoms with Gasteiger partial charge in [-0.1, -0.05) is 23.7 Å². The molecule has 1 aliphatic rings. The van der Waals surface area contributed by atoms with Crippen molar-refractivity contribution < 1.29 is 4.74 Å². The average molecular weight is 254 g/mol. The van der Waals surface area contributed by atoms with E-state index in [1.54, 1.807) is 0 Å². The van der Waals surface area contributed by atoms with Crippen LogP contribution in [0.5, 0.6) is 0 Å². The molecule has 94 valence electrons. The van der Waals surface area contributed by atoms with Crippen LogP contribution in [0.15, 0.2) is 24.3 Å². The van der Waals surface area contributed by atoms with Gasteiger partial charge in [0.2, 0.25) is 0 Å². The van der Waals surface area contributed by atoms with Crippen molar-refractivity contribution >= 4 is 11.6 Å². The summed E-state index contributed by atoms with van der Waals surface area (Å²) in [5.74, 6) is 0. The molecule has 0 amide bonds. The Hall–Kier alpha value is -0.570. The molecule has 1 heterocycles. The maximum Gasteiger partial charge on any atom is 0.0699 e. The van der Waals surface area contributed by atoms with E-state index in [1.165, 1.54) is 24.8 Å². The predicted octanol–water partition coefficient (Wildman–Crippen LogP) is 3.56. The second-order valence-corrected chi connectivity index (χ2v) is 5.11. The molecule has 1 aromatic rings. The Balaban J connectivity index is 1.82. The Bertz CT molecular complexity index is 350.